The van der Waals surface area contributed by atoms with Crippen LogP contribution in [0.4, 0.5) is 0 Å². The molecule has 0 aliphatic carbocycles. The molecular weight excluding hydrogens is 478 g/mol. The predicted molar refractivity (Wildman–Crippen MR) is 148 cm³/mol. The quantitative estimate of drug-likeness (QED) is 0.164. The highest BCUT2D eigenvalue weighted by Gasteiger charge is 2.22. The van der Waals surface area contributed by atoms with Crippen LogP contribution in [0.15, 0.2) is 78.9 Å². The Hall–Kier alpha value is -4.26. The minimum atomic E-state index is -0.733. The summed E-state index contributed by atoms with van der Waals surface area (Å²) < 4.78 is 11.2. The first-order chi connectivity index (χ1) is 18.6. The van der Waals surface area contributed by atoms with E-state index in [1.807, 2.05) is 60.7 Å². The maximum absolute atomic E-state index is 12.5. The standard InChI is InChI=1S/C31H33N3O4/c1-3-5-6-13-18-27(31(36)37-4-2)38-24-19-20-25(26(35)21-24)30-33-28(22-14-9-7-10-15-22)32-29(34-30)23-16-11-8-12-17-23/h7-12,14-17,19-21,27,35H,3-6,13,18H2,1-2H3. The van der Waals surface area contributed by atoms with Crippen molar-refractivity contribution in [2.45, 2.75) is 52.1 Å². The summed E-state index contributed by atoms with van der Waals surface area (Å²) in [6, 6.07) is 24.2. The van der Waals surface area contributed by atoms with Gasteiger partial charge in [0.05, 0.1) is 12.2 Å². The number of nitrogens with zero attached hydrogens (tertiary/aromatic N) is 3. The number of carbonyl (C=O) groups excluding carboxylic acids is 1. The number of carbonyl (C=O) groups is 1. The van der Waals surface area contributed by atoms with Crippen molar-refractivity contribution in [3.05, 3.63) is 78.9 Å². The van der Waals surface area contributed by atoms with E-state index in [0.717, 1.165) is 36.8 Å². The predicted octanol–water partition coefficient (Wildman–Crippen LogP) is 6.86. The van der Waals surface area contributed by atoms with Crippen LogP contribution >= 0.6 is 0 Å². The van der Waals surface area contributed by atoms with Crippen molar-refractivity contribution < 1.29 is 19.4 Å². The Morgan fingerprint density at radius 2 is 1.39 bits per heavy atom. The molecule has 1 heterocycles. The summed E-state index contributed by atoms with van der Waals surface area (Å²) in [5, 5.41) is 11.0. The van der Waals surface area contributed by atoms with E-state index in [-0.39, 0.29) is 12.4 Å². The number of hydrogen-bond acceptors (Lipinski definition) is 7. The lowest BCUT2D eigenvalue weighted by molar-refractivity contribution is -0.151. The molecule has 7 heteroatoms. The molecule has 0 aliphatic heterocycles. The molecule has 0 bridgehead atoms. The van der Waals surface area contributed by atoms with E-state index in [2.05, 4.69) is 21.9 Å². The van der Waals surface area contributed by atoms with E-state index in [1.165, 1.54) is 6.07 Å². The van der Waals surface area contributed by atoms with Gasteiger partial charge in [0.15, 0.2) is 23.6 Å². The van der Waals surface area contributed by atoms with Crippen LogP contribution in [0.1, 0.15) is 46.0 Å². The summed E-state index contributed by atoms with van der Waals surface area (Å²) >= 11 is 0. The summed E-state index contributed by atoms with van der Waals surface area (Å²) in [5.41, 5.74) is 2.12. The fraction of sp³-hybridized carbons (Fsp3) is 0.290. The first-order valence-electron chi connectivity index (χ1n) is 13.1. The number of phenols is 1. The third-order valence-electron chi connectivity index (χ3n) is 6.06. The number of benzene rings is 3. The first-order valence-corrected chi connectivity index (χ1v) is 13.1. The number of unbranched alkanes of at least 4 members (excludes halogenated alkanes) is 3. The zero-order valence-electron chi connectivity index (χ0n) is 21.8. The summed E-state index contributed by atoms with van der Waals surface area (Å²) in [6.45, 7) is 4.20. The van der Waals surface area contributed by atoms with Gasteiger partial charge in [-0.05, 0) is 31.9 Å². The normalized spacial score (nSPS) is 11.6. The second-order valence-electron chi connectivity index (χ2n) is 8.93. The highest BCUT2D eigenvalue weighted by atomic mass is 16.6. The molecule has 0 amide bonds. The maximum atomic E-state index is 12.5. The van der Waals surface area contributed by atoms with E-state index in [1.54, 1.807) is 19.1 Å². The fourth-order valence-electron chi connectivity index (χ4n) is 4.08. The lowest BCUT2D eigenvalue weighted by atomic mass is 10.1. The third-order valence-corrected chi connectivity index (χ3v) is 6.06. The van der Waals surface area contributed by atoms with Gasteiger partial charge in [-0.2, -0.15) is 0 Å². The molecular formula is C31H33N3O4. The molecule has 0 saturated heterocycles. The van der Waals surface area contributed by atoms with Crippen LogP contribution in [0.3, 0.4) is 0 Å². The van der Waals surface area contributed by atoms with Gasteiger partial charge >= 0.3 is 5.97 Å². The average molecular weight is 512 g/mol. The highest BCUT2D eigenvalue weighted by Crippen LogP contribution is 2.33. The van der Waals surface area contributed by atoms with Gasteiger partial charge < -0.3 is 14.6 Å². The first kappa shape index (κ1) is 26.8. The number of rotatable bonds is 12. The molecule has 7 nitrogen and oxygen atoms in total. The molecule has 1 unspecified atom stereocenters. The lowest BCUT2D eigenvalue weighted by Gasteiger charge is -2.18. The topological polar surface area (TPSA) is 94.4 Å². The zero-order chi connectivity index (χ0) is 26.7. The van der Waals surface area contributed by atoms with Crippen molar-refractivity contribution in [2.75, 3.05) is 6.61 Å². The number of phenolic OH excluding ortho intramolecular Hbond substituents is 1. The van der Waals surface area contributed by atoms with Gasteiger partial charge in [-0.3, -0.25) is 0 Å². The minimum Gasteiger partial charge on any atom is -0.507 e. The molecule has 0 spiro atoms. The van der Waals surface area contributed by atoms with Crippen molar-refractivity contribution in [3.63, 3.8) is 0 Å². The van der Waals surface area contributed by atoms with E-state index >= 15 is 0 Å². The largest absolute Gasteiger partial charge is 0.507 e. The molecule has 196 valence electrons. The van der Waals surface area contributed by atoms with Crippen molar-refractivity contribution in [1.82, 2.24) is 15.0 Å². The van der Waals surface area contributed by atoms with Crippen molar-refractivity contribution in [3.8, 4) is 45.7 Å². The van der Waals surface area contributed by atoms with E-state index in [9.17, 15) is 9.90 Å². The van der Waals surface area contributed by atoms with Gasteiger partial charge in [-0.25, -0.2) is 19.7 Å². The van der Waals surface area contributed by atoms with Crippen LogP contribution in [-0.2, 0) is 9.53 Å². The van der Waals surface area contributed by atoms with Crippen molar-refractivity contribution in [2.24, 2.45) is 0 Å². The summed E-state index contributed by atoms with van der Waals surface area (Å²) in [4.78, 5) is 26.5. The van der Waals surface area contributed by atoms with Crippen LogP contribution in [0.5, 0.6) is 11.5 Å². The Labute approximate surface area is 223 Å². The summed E-state index contributed by atoms with van der Waals surface area (Å²) in [5.74, 6) is 1.27. The van der Waals surface area contributed by atoms with Crippen molar-refractivity contribution >= 4 is 5.97 Å². The van der Waals surface area contributed by atoms with Crippen LogP contribution in [0.25, 0.3) is 34.2 Å². The Balaban J connectivity index is 1.65. The Morgan fingerprint density at radius 3 is 1.95 bits per heavy atom. The van der Waals surface area contributed by atoms with E-state index in [4.69, 9.17) is 9.47 Å². The molecule has 0 saturated carbocycles. The average Bonchev–Trinajstić information content (AvgIpc) is 2.95. The molecule has 1 N–H and O–H groups in total. The van der Waals surface area contributed by atoms with Crippen LogP contribution in [0.2, 0.25) is 0 Å². The Morgan fingerprint density at radius 1 is 0.789 bits per heavy atom. The number of ether oxygens (including phenoxy) is 2. The molecule has 4 rings (SSSR count). The maximum Gasteiger partial charge on any atom is 0.347 e. The Kier molecular flexibility index (Phi) is 9.40. The van der Waals surface area contributed by atoms with Crippen LogP contribution in [-0.4, -0.2) is 38.7 Å². The second kappa shape index (κ2) is 13.3. The number of hydrogen-bond donors (Lipinski definition) is 1. The van der Waals surface area contributed by atoms with E-state index in [0.29, 0.717) is 35.2 Å². The van der Waals surface area contributed by atoms with Gasteiger partial charge in [0.25, 0.3) is 0 Å². The summed E-state index contributed by atoms with van der Waals surface area (Å²) in [7, 11) is 0. The zero-order valence-corrected chi connectivity index (χ0v) is 21.8. The number of aromatic nitrogens is 3. The van der Waals surface area contributed by atoms with Gasteiger partial charge in [0.1, 0.15) is 11.5 Å². The molecule has 38 heavy (non-hydrogen) atoms. The Bertz CT molecular complexity index is 1270. The number of aromatic hydroxyl groups is 1. The van der Waals surface area contributed by atoms with Crippen LogP contribution in [0, 0.1) is 0 Å². The monoisotopic (exact) mass is 511 g/mol. The summed E-state index contributed by atoms with van der Waals surface area (Å²) in [6.07, 6.45) is 3.91. The molecule has 3 aromatic carbocycles. The lowest BCUT2D eigenvalue weighted by Crippen LogP contribution is -2.29. The molecule has 0 aliphatic rings. The van der Waals surface area contributed by atoms with Crippen LogP contribution < -0.4 is 4.74 Å². The molecule has 1 aromatic heterocycles. The SMILES string of the molecule is CCCCCCC(Oc1ccc(-c2nc(-c3ccccc3)nc(-c3ccccc3)n2)c(O)c1)C(=O)OCC. The van der Waals surface area contributed by atoms with Gasteiger partial charge in [0, 0.05) is 17.2 Å². The van der Waals surface area contributed by atoms with Gasteiger partial charge in [0.2, 0.25) is 0 Å². The second-order valence-corrected chi connectivity index (χ2v) is 8.93. The third kappa shape index (κ3) is 6.94. The fourth-order valence-corrected chi connectivity index (χ4v) is 4.08. The molecule has 0 fully saturated rings. The van der Waals surface area contributed by atoms with E-state index < -0.39 is 12.1 Å². The van der Waals surface area contributed by atoms with Gasteiger partial charge in [-0.1, -0.05) is 86.8 Å². The molecule has 1 atom stereocenters. The minimum absolute atomic E-state index is 0.0553. The molecule has 4 aromatic rings. The smallest absolute Gasteiger partial charge is 0.347 e. The van der Waals surface area contributed by atoms with Crippen molar-refractivity contribution in [1.29, 1.82) is 0 Å². The molecule has 0 radical (unpaired) electrons. The highest BCUT2D eigenvalue weighted by molar-refractivity contribution is 5.75. The van der Waals surface area contributed by atoms with Gasteiger partial charge in [-0.15, -0.1) is 0 Å². The number of esters is 1.